The summed E-state index contributed by atoms with van der Waals surface area (Å²) < 4.78 is 5.52. The van der Waals surface area contributed by atoms with Crippen molar-refractivity contribution in [3.05, 3.63) is 69.6 Å². The van der Waals surface area contributed by atoms with E-state index in [1.165, 1.54) is 12.4 Å². The molecular formula is C26H27Cl2N3O5. The van der Waals surface area contributed by atoms with Crippen molar-refractivity contribution in [3.63, 3.8) is 0 Å². The number of carbonyl (C=O) groups is 3. The number of halogens is 2. The zero-order chi connectivity index (χ0) is 25.9. The van der Waals surface area contributed by atoms with Gasteiger partial charge in [0.1, 0.15) is 12.3 Å². The summed E-state index contributed by atoms with van der Waals surface area (Å²) in [6, 6.07) is 5.36. The van der Waals surface area contributed by atoms with E-state index in [9.17, 15) is 19.5 Å². The van der Waals surface area contributed by atoms with E-state index in [0.717, 1.165) is 36.8 Å². The predicted molar refractivity (Wildman–Crippen MR) is 136 cm³/mol. The second kappa shape index (κ2) is 11.0. The number of hydrogen-bond acceptors (Lipinski definition) is 6. The number of pyridine rings is 1. The fraction of sp³-hybridized carbons (Fsp3) is 0.385. The molecule has 0 radical (unpaired) electrons. The molecule has 0 bridgehead atoms. The molecule has 4 rings (SSSR count). The van der Waals surface area contributed by atoms with E-state index in [1.54, 1.807) is 36.1 Å². The number of aldehydes is 1. The first-order chi connectivity index (χ1) is 17.3. The monoisotopic (exact) mass is 531 g/mol. The van der Waals surface area contributed by atoms with Crippen LogP contribution in [0.15, 0.2) is 48.4 Å². The fourth-order valence-corrected chi connectivity index (χ4v) is 5.43. The standard InChI is InChI=1S/C26H27Cl2N3O5/c1-16(15-32)31(22-6-7-26(22)8-10-36-11-9-26)21(25(34)35)12-17-2-4-18(5-3-17)30-24(33)23-19(27)13-29-14-20(23)28/h2-6,13-16,21H,7-12H2,1H3,(H,30,33)(H,34,35)/t16?,21-/m0/s1. The smallest absolute Gasteiger partial charge is 0.326 e. The van der Waals surface area contributed by atoms with Crippen molar-refractivity contribution < 1.29 is 24.2 Å². The lowest BCUT2D eigenvalue weighted by Gasteiger charge is -2.52. The van der Waals surface area contributed by atoms with Crippen molar-refractivity contribution in [2.45, 2.75) is 44.7 Å². The maximum atomic E-state index is 12.6. The molecule has 190 valence electrons. The molecule has 2 aliphatic rings. The highest BCUT2D eigenvalue weighted by molar-refractivity contribution is 6.40. The molecule has 2 aromatic rings. The van der Waals surface area contributed by atoms with Crippen LogP contribution < -0.4 is 5.32 Å². The van der Waals surface area contributed by atoms with Crippen LogP contribution in [-0.2, 0) is 20.7 Å². The second-order valence-electron chi connectivity index (χ2n) is 9.16. The van der Waals surface area contributed by atoms with Crippen LogP contribution in [0, 0.1) is 5.41 Å². The molecule has 1 aromatic carbocycles. The average Bonchev–Trinajstić information content (AvgIpc) is 2.86. The van der Waals surface area contributed by atoms with Crippen molar-refractivity contribution in [2.24, 2.45) is 5.41 Å². The third kappa shape index (κ3) is 5.26. The normalized spacial score (nSPS) is 17.9. The van der Waals surface area contributed by atoms with Gasteiger partial charge in [0.2, 0.25) is 0 Å². The lowest BCUT2D eigenvalue weighted by molar-refractivity contribution is -0.144. The Hall–Kier alpha value is -2.94. The summed E-state index contributed by atoms with van der Waals surface area (Å²) in [4.78, 5) is 42.4. The van der Waals surface area contributed by atoms with Crippen LogP contribution in [0.2, 0.25) is 10.0 Å². The zero-order valence-corrected chi connectivity index (χ0v) is 21.3. The molecule has 2 heterocycles. The molecule has 1 aliphatic carbocycles. The lowest BCUT2D eigenvalue weighted by atomic mass is 9.66. The third-order valence-corrected chi connectivity index (χ3v) is 7.51. The van der Waals surface area contributed by atoms with Crippen molar-refractivity contribution >= 4 is 47.1 Å². The summed E-state index contributed by atoms with van der Waals surface area (Å²) in [5, 5.41) is 13.2. The largest absolute Gasteiger partial charge is 0.480 e. The maximum Gasteiger partial charge on any atom is 0.326 e. The summed E-state index contributed by atoms with van der Waals surface area (Å²) in [6.07, 6.45) is 8.18. The van der Waals surface area contributed by atoms with E-state index in [-0.39, 0.29) is 27.4 Å². The van der Waals surface area contributed by atoms with Gasteiger partial charge in [-0.2, -0.15) is 0 Å². The number of carboxylic acid groups (broad SMARTS) is 1. The number of carbonyl (C=O) groups excluding carboxylic acids is 2. The average molecular weight is 532 g/mol. The van der Waals surface area contributed by atoms with E-state index in [4.69, 9.17) is 27.9 Å². The first kappa shape index (κ1) is 26.1. The highest BCUT2D eigenvalue weighted by Crippen LogP contribution is 2.51. The molecular weight excluding hydrogens is 505 g/mol. The number of rotatable bonds is 9. The van der Waals surface area contributed by atoms with Gasteiger partial charge in [0, 0.05) is 48.8 Å². The zero-order valence-electron chi connectivity index (χ0n) is 19.7. The Morgan fingerprint density at radius 3 is 2.36 bits per heavy atom. The molecule has 1 aromatic heterocycles. The highest BCUT2D eigenvalue weighted by atomic mass is 35.5. The number of amides is 1. The number of carboxylic acids is 1. The Morgan fingerprint density at radius 2 is 1.83 bits per heavy atom. The molecule has 8 nitrogen and oxygen atoms in total. The number of aromatic nitrogens is 1. The molecule has 0 saturated carbocycles. The first-order valence-corrected chi connectivity index (χ1v) is 12.5. The van der Waals surface area contributed by atoms with Crippen LogP contribution in [0.3, 0.4) is 0 Å². The van der Waals surface area contributed by atoms with Crippen LogP contribution in [0.25, 0.3) is 0 Å². The Labute approximate surface area is 219 Å². The summed E-state index contributed by atoms with van der Waals surface area (Å²) in [7, 11) is 0. The van der Waals surface area contributed by atoms with Crippen molar-refractivity contribution in [1.82, 2.24) is 9.88 Å². The van der Waals surface area contributed by atoms with Crippen LogP contribution >= 0.6 is 23.2 Å². The number of benzene rings is 1. The fourth-order valence-electron chi connectivity index (χ4n) is 4.89. The van der Waals surface area contributed by atoms with E-state index in [1.807, 2.05) is 6.08 Å². The molecule has 1 amide bonds. The van der Waals surface area contributed by atoms with Gasteiger partial charge >= 0.3 is 5.97 Å². The lowest BCUT2D eigenvalue weighted by Crippen LogP contribution is -2.54. The third-order valence-electron chi connectivity index (χ3n) is 6.94. The summed E-state index contributed by atoms with van der Waals surface area (Å²) in [5.41, 5.74) is 2.17. The number of hydrogen-bond donors (Lipinski definition) is 2. The number of ether oxygens (including phenoxy) is 1. The minimum atomic E-state index is -1.00. The van der Waals surface area contributed by atoms with Gasteiger partial charge < -0.3 is 24.9 Å². The van der Waals surface area contributed by atoms with Gasteiger partial charge in [-0.3, -0.25) is 9.78 Å². The van der Waals surface area contributed by atoms with Crippen LogP contribution in [0.4, 0.5) is 5.69 Å². The number of allylic oxidation sites excluding steroid dienone is 2. The molecule has 2 N–H and O–H groups in total. The van der Waals surface area contributed by atoms with E-state index in [0.29, 0.717) is 18.9 Å². The molecule has 2 atom stereocenters. The molecule has 1 fully saturated rings. The summed E-state index contributed by atoms with van der Waals surface area (Å²) in [5.74, 6) is -1.48. The predicted octanol–water partition coefficient (Wildman–Crippen LogP) is 4.61. The van der Waals surface area contributed by atoms with Crippen molar-refractivity contribution in [2.75, 3.05) is 18.5 Å². The molecule has 1 saturated heterocycles. The van der Waals surface area contributed by atoms with Crippen molar-refractivity contribution in [1.29, 1.82) is 0 Å². The first-order valence-electron chi connectivity index (χ1n) is 11.7. The topological polar surface area (TPSA) is 109 Å². The van der Waals surface area contributed by atoms with Gasteiger partial charge in [0.25, 0.3) is 5.91 Å². The minimum Gasteiger partial charge on any atom is -0.480 e. The van der Waals surface area contributed by atoms with E-state index < -0.39 is 24.0 Å². The molecule has 1 aliphatic heterocycles. The number of anilines is 1. The SMILES string of the molecule is CC(C=O)N(C1=CCC12CCOCC2)[C@@H](Cc1ccc(NC(=O)c2c(Cl)cncc2Cl)cc1)C(=O)O. The van der Waals surface area contributed by atoms with Crippen molar-refractivity contribution in [3.8, 4) is 0 Å². The Kier molecular flexibility index (Phi) is 7.97. The maximum absolute atomic E-state index is 12.6. The summed E-state index contributed by atoms with van der Waals surface area (Å²) >= 11 is 12.1. The van der Waals surface area contributed by atoms with Gasteiger partial charge in [-0.25, -0.2) is 4.79 Å². The summed E-state index contributed by atoms with van der Waals surface area (Å²) in [6.45, 7) is 2.98. The van der Waals surface area contributed by atoms with Crippen LogP contribution in [-0.4, -0.2) is 58.5 Å². The van der Waals surface area contributed by atoms with Gasteiger partial charge in [-0.05, 0) is 43.9 Å². The van der Waals surface area contributed by atoms with Gasteiger partial charge in [0.15, 0.2) is 0 Å². The highest BCUT2D eigenvalue weighted by Gasteiger charge is 2.47. The minimum absolute atomic E-state index is 0.123. The molecule has 10 heteroatoms. The van der Waals surface area contributed by atoms with Crippen LogP contribution in [0.5, 0.6) is 0 Å². The Bertz CT molecular complexity index is 1160. The molecule has 1 spiro atoms. The second-order valence-corrected chi connectivity index (χ2v) is 9.97. The van der Waals surface area contributed by atoms with Crippen LogP contribution in [0.1, 0.15) is 42.1 Å². The van der Waals surface area contributed by atoms with Gasteiger partial charge in [0.05, 0.1) is 21.7 Å². The number of aliphatic carboxylic acids is 1. The Balaban J connectivity index is 1.52. The van der Waals surface area contributed by atoms with E-state index in [2.05, 4.69) is 10.3 Å². The molecule has 36 heavy (non-hydrogen) atoms. The quantitative estimate of drug-likeness (QED) is 0.454. The Morgan fingerprint density at radius 1 is 1.19 bits per heavy atom. The van der Waals surface area contributed by atoms with Gasteiger partial charge in [-0.15, -0.1) is 0 Å². The number of nitrogens with zero attached hydrogens (tertiary/aromatic N) is 2. The van der Waals surface area contributed by atoms with E-state index >= 15 is 0 Å². The molecule has 1 unspecified atom stereocenters. The number of nitrogens with one attached hydrogen (secondary N) is 1. The van der Waals surface area contributed by atoms with Gasteiger partial charge in [-0.1, -0.05) is 41.4 Å².